The summed E-state index contributed by atoms with van der Waals surface area (Å²) in [7, 11) is -3.56. The second-order valence-corrected chi connectivity index (χ2v) is 6.50. The molecule has 0 bridgehead atoms. The van der Waals surface area contributed by atoms with Crippen LogP contribution in [0.15, 0.2) is 47.4 Å². The molecule has 2 aromatic rings. The predicted octanol–water partition coefficient (Wildman–Crippen LogP) is 3.76. The molecule has 0 radical (unpaired) electrons. The van der Waals surface area contributed by atoms with E-state index in [0.717, 1.165) is 11.1 Å². The molecule has 0 heterocycles. The summed E-state index contributed by atoms with van der Waals surface area (Å²) in [6.07, 6.45) is 0. The van der Waals surface area contributed by atoms with Crippen molar-refractivity contribution in [2.24, 2.45) is 0 Å². The van der Waals surface area contributed by atoms with Gasteiger partial charge in [0.1, 0.15) is 0 Å². The summed E-state index contributed by atoms with van der Waals surface area (Å²) < 4.78 is 27.1. The fourth-order valence-electron chi connectivity index (χ4n) is 1.73. The lowest BCUT2D eigenvalue weighted by Gasteiger charge is -2.11. The molecule has 2 rings (SSSR count). The van der Waals surface area contributed by atoms with Gasteiger partial charge in [-0.3, -0.25) is 4.72 Å². The monoisotopic (exact) mass is 295 g/mol. The molecular formula is C14H14ClNO2S. The van der Waals surface area contributed by atoms with E-state index in [2.05, 4.69) is 4.72 Å². The number of hydrogen-bond donors (Lipinski definition) is 1. The Morgan fingerprint density at radius 3 is 2.42 bits per heavy atom. The summed E-state index contributed by atoms with van der Waals surface area (Å²) in [5.74, 6) is 0. The minimum atomic E-state index is -3.56. The van der Waals surface area contributed by atoms with Gasteiger partial charge in [0, 0.05) is 5.02 Å². The molecule has 0 aromatic heterocycles. The Kier molecular flexibility index (Phi) is 3.83. The topological polar surface area (TPSA) is 46.2 Å². The number of anilines is 1. The van der Waals surface area contributed by atoms with Crippen molar-refractivity contribution >= 4 is 27.3 Å². The second kappa shape index (κ2) is 5.23. The lowest BCUT2D eigenvalue weighted by Crippen LogP contribution is -2.13. The van der Waals surface area contributed by atoms with Gasteiger partial charge in [0.25, 0.3) is 10.0 Å². The second-order valence-electron chi connectivity index (χ2n) is 4.38. The van der Waals surface area contributed by atoms with Crippen LogP contribution >= 0.6 is 11.6 Å². The van der Waals surface area contributed by atoms with Crippen LogP contribution in [0.3, 0.4) is 0 Å². The molecule has 5 heteroatoms. The maximum atomic E-state index is 12.2. The van der Waals surface area contributed by atoms with Gasteiger partial charge < -0.3 is 0 Å². The molecule has 0 fully saturated rings. The third-order valence-corrected chi connectivity index (χ3v) is 4.33. The van der Waals surface area contributed by atoms with Gasteiger partial charge >= 0.3 is 0 Å². The first-order valence-corrected chi connectivity index (χ1v) is 7.60. The molecule has 1 N–H and O–H groups in total. The van der Waals surface area contributed by atoms with Crippen molar-refractivity contribution in [3.05, 3.63) is 58.6 Å². The maximum absolute atomic E-state index is 12.2. The minimum absolute atomic E-state index is 0.252. The van der Waals surface area contributed by atoms with Gasteiger partial charge in [0.2, 0.25) is 0 Å². The molecule has 0 aliphatic rings. The van der Waals surface area contributed by atoms with Crippen LogP contribution in [0.5, 0.6) is 0 Å². The van der Waals surface area contributed by atoms with E-state index in [-0.39, 0.29) is 4.90 Å². The number of nitrogens with one attached hydrogen (secondary N) is 1. The zero-order valence-corrected chi connectivity index (χ0v) is 12.2. The number of sulfonamides is 1. The fraction of sp³-hybridized carbons (Fsp3) is 0.143. The molecule has 100 valence electrons. The Balaban J connectivity index is 2.36. The first-order chi connectivity index (χ1) is 8.88. The summed E-state index contributed by atoms with van der Waals surface area (Å²) >= 11 is 5.85. The summed E-state index contributed by atoms with van der Waals surface area (Å²) in [4.78, 5) is 0.252. The third kappa shape index (κ3) is 3.28. The Labute approximate surface area is 118 Å². The average molecular weight is 296 g/mol. The van der Waals surface area contributed by atoms with Crippen LogP contribution in [0.2, 0.25) is 5.02 Å². The minimum Gasteiger partial charge on any atom is -0.279 e. The summed E-state index contributed by atoms with van der Waals surface area (Å²) in [5.41, 5.74) is 2.21. The predicted molar refractivity (Wildman–Crippen MR) is 78.2 cm³/mol. The van der Waals surface area contributed by atoms with E-state index in [0.29, 0.717) is 10.7 Å². The van der Waals surface area contributed by atoms with Crippen LogP contribution in [-0.2, 0) is 10.0 Å². The Hall–Kier alpha value is -1.52. The fourth-order valence-corrected chi connectivity index (χ4v) is 3.19. The number of hydrogen-bond acceptors (Lipinski definition) is 2. The Bertz CT molecular complexity index is 711. The molecule has 0 saturated carbocycles. The van der Waals surface area contributed by atoms with E-state index >= 15 is 0 Å². The molecule has 0 spiro atoms. The molecule has 0 unspecified atom stereocenters. The summed E-state index contributed by atoms with van der Waals surface area (Å²) in [6.45, 7) is 3.66. The highest BCUT2D eigenvalue weighted by Gasteiger charge is 2.15. The van der Waals surface area contributed by atoms with Gasteiger partial charge in [-0.25, -0.2) is 8.42 Å². The van der Waals surface area contributed by atoms with Crippen LogP contribution in [0.1, 0.15) is 11.1 Å². The summed E-state index contributed by atoms with van der Waals surface area (Å²) in [6, 6.07) is 11.8. The highest BCUT2D eigenvalue weighted by atomic mass is 35.5. The third-order valence-electron chi connectivity index (χ3n) is 2.73. The van der Waals surface area contributed by atoms with E-state index in [9.17, 15) is 8.42 Å². The average Bonchev–Trinajstić information content (AvgIpc) is 2.33. The van der Waals surface area contributed by atoms with Crippen LogP contribution in [-0.4, -0.2) is 8.42 Å². The number of rotatable bonds is 3. The van der Waals surface area contributed by atoms with Gasteiger partial charge in [-0.15, -0.1) is 0 Å². The van der Waals surface area contributed by atoms with E-state index in [1.807, 2.05) is 13.0 Å². The first kappa shape index (κ1) is 13.9. The van der Waals surface area contributed by atoms with E-state index in [1.54, 1.807) is 43.3 Å². The van der Waals surface area contributed by atoms with Crippen molar-refractivity contribution in [2.45, 2.75) is 18.7 Å². The number of aryl methyl sites for hydroxylation is 2. The highest BCUT2D eigenvalue weighted by Crippen LogP contribution is 2.23. The summed E-state index contributed by atoms with van der Waals surface area (Å²) in [5, 5.41) is 0.580. The number of benzene rings is 2. The normalized spacial score (nSPS) is 11.3. The van der Waals surface area contributed by atoms with Crippen molar-refractivity contribution in [3.8, 4) is 0 Å². The lowest BCUT2D eigenvalue weighted by molar-refractivity contribution is 0.601. The van der Waals surface area contributed by atoms with Crippen molar-refractivity contribution < 1.29 is 8.42 Å². The van der Waals surface area contributed by atoms with E-state index < -0.39 is 10.0 Å². The molecule has 2 aromatic carbocycles. The van der Waals surface area contributed by atoms with Gasteiger partial charge in [-0.05, 0) is 55.3 Å². The van der Waals surface area contributed by atoms with Crippen LogP contribution in [0.25, 0.3) is 0 Å². The SMILES string of the molecule is Cc1cccc(S(=O)(=O)Nc2ccc(Cl)cc2C)c1. The zero-order chi connectivity index (χ0) is 14.0. The van der Waals surface area contributed by atoms with Crippen molar-refractivity contribution in [3.63, 3.8) is 0 Å². The highest BCUT2D eigenvalue weighted by molar-refractivity contribution is 7.92. The Morgan fingerprint density at radius 1 is 1.05 bits per heavy atom. The van der Waals surface area contributed by atoms with Gasteiger partial charge in [-0.2, -0.15) is 0 Å². The van der Waals surface area contributed by atoms with Gasteiger partial charge in [0.05, 0.1) is 10.6 Å². The smallest absolute Gasteiger partial charge is 0.261 e. The molecule has 0 amide bonds. The zero-order valence-electron chi connectivity index (χ0n) is 10.6. The Morgan fingerprint density at radius 2 is 1.79 bits per heavy atom. The van der Waals surface area contributed by atoms with E-state index in [1.165, 1.54) is 0 Å². The molecule has 19 heavy (non-hydrogen) atoms. The van der Waals surface area contributed by atoms with Crippen LogP contribution in [0.4, 0.5) is 5.69 Å². The van der Waals surface area contributed by atoms with Crippen LogP contribution in [0, 0.1) is 13.8 Å². The first-order valence-electron chi connectivity index (χ1n) is 5.74. The van der Waals surface area contributed by atoms with Crippen molar-refractivity contribution in [2.75, 3.05) is 4.72 Å². The molecule has 0 saturated heterocycles. The molecular weight excluding hydrogens is 282 g/mol. The van der Waals surface area contributed by atoms with Gasteiger partial charge in [0.15, 0.2) is 0 Å². The van der Waals surface area contributed by atoms with Crippen molar-refractivity contribution in [1.29, 1.82) is 0 Å². The molecule has 0 atom stereocenters. The quantitative estimate of drug-likeness (QED) is 0.937. The largest absolute Gasteiger partial charge is 0.279 e. The van der Waals surface area contributed by atoms with Crippen molar-refractivity contribution in [1.82, 2.24) is 0 Å². The molecule has 0 aliphatic heterocycles. The molecule has 0 aliphatic carbocycles. The maximum Gasteiger partial charge on any atom is 0.261 e. The van der Waals surface area contributed by atoms with Crippen LogP contribution < -0.4 is 4.72 Å². The van der Waals surface area contributed by atoms with Gasteiger partial charge in [-0.1, -0.05) is 23.7 Å². The molecule has 3 nitrogen and oxygen atoms in total. The standard InChI is InChI=1S/C14H14ClNO2S/c1-10-4-3-5-13(8-10)19(17,18)16-14-7-6-12(15)9-11(14)2/h3-9,16H,1-2H3. The lowest BCUT2D eigenvalue weighted by atomic mass is 10.2. The number of halogens is 1. The van der Waals surface area contributed by atoms with E-state index in [4.69, 9.17) is 11.6 Å².